The summed E-state index contributed by atoms with van der Waals surface area (Å²) in [5, 5.41) is 9.77. The maximum Gasteiger partial charge on any atom is 0.573 e. The van der Waals surface area contributed by atoms with E-state index in [4.69, 9.17) is 5.73 Å². The van der Waals surface area contributed by atoms with Gasteiger partial charge in [0.25, 0.3) is 0 Å². The van der Waals surface area contributed by atoms with Crippen molar-refractivity contribution in [2.75, 3.05) is 6.54 Å². The maximum absolute atomic E-state index is 11.9. The zero-order chi connectivity index (χ0) is 13.1. The highest BCUT2D eigenvalue weighted by molar-refractivity contribution is 5.28. The standard InChI is InChI=1S/C11H14F3NO2/c1-7(6-15)10(16)8-2-4-9(5-3-8)17-11(12,13)14/h2-5,7,10,16H,6,15H2,1H3. The second-order valence-corrected chi connectivity index (χ2v) is 3.77. The minimum atomic E-state index is -4.70. The first-order valence-electron chi connectivity index (χ1n) is 5.07. The van der Waals surface area contributed by atoms with Crippen LogP contribution in [-0.2, 0) is 0 Å². The molecule has 0 radical (unpaired) electrons. The van der Waals surface area contributed by atoms with Gasteiger partial charge in [0.15, 0.2) is 0 Å². The molecular weight excluding hydrogens is 235 g/mol. The van der Waals surface area contributed by atoms with Crippen LogP contribution in [0.2, 0.25) is 0 Å². The van der Waals surface area contributed by atoms with Crippen LogP contribution in [0.1, 0.15) is 18.6 Å². The van der Waals surface area contributed by atoms with Crippen molar-refractivity contribution in [2.24, 2.45) is 11.7 Å². The van der Waals surface area contributed by atoms with Gasteiger partial charge in [-0.05, 0) is 30.2 Å². The van der Waals surface area contributed by atoms with Gasteiger partial charge in [0.05, 0.1) is 6.10 Å². The van der Waals surface area contributed by atoms with Gasteiger partial charge in [0, 0.05) is 0 Å². The van der Waals surface area contributed by atoms with Gasteiger partial charge in [-0.1, -0.05) is 19.1 Å². The Bertz CT molecular complexity index is 351. The lowest BCUT2D eigenvalue weighted by atomic mass is 9.98. The van der Waals surface area contributed by atoms with Gasteiger partial charge in [-0.2, -0.15) is 0 Å². The zero-order valence-corrected chi connectivity index (χ0v) is 9.24. The molecule has 0 amide bonds. The van der Waals surface area contributed by atoms with Crippen LogP contribution in [0.4, 0.5) is 13.2 Å². The third-order valence-electron chi connectivity index (χ3n) is 2.37. The van der Waals surface area contributed by atoms with Gasteiger partial charge >= 0.3 is 6.36 Å². The SMILES string of the molecule is CC(CN)C(O)c1ccc(OC(F)(F)F)cc1. The van der Waals surface area contributed by atoms with Gasteiger partial charge in [-0.3, -0.25) is 0 Å². The van der Waals surface area contributed by atoms with Gasteiger partial charge in [-0.15, -0.1) is 13.2 Å². The van der Waals surface area contributed by atoms with Gasteiger partial charge in [0.2, 0.25) is 0 Å². The number of ether oxygens (including phenoxy) is 1. The third-order valence-corrected chi connectivity index (χ3v) is 2.37. The predicted octanol–water partition coefficient (Wildman–Crippen LogP) is 2.21. The number of aliphatic hydroxyl groups excluding tert-OH is 1. The third kappa shape index (κ3) is 4.24. The van der Waals surface area contributed by atoms with Crippen LogP contribution >= 0.6 is 0 Å². The van der Waals surface area contributed by atoms with Crippen molar-refractivity contribution in [3.05, 3.63) is 29.8 Å². The maximum atomic E-state index is 11.9. The van der Waals surface area contributed by atoms with Crippen LogP contribution in [0, 0.1) is 5.92 Å². The summed E-state index contributed by atoms with van der Waals surface area (Å²) >= 11 is 0. The van der Waals surface area contributed by atoms with Crippen molar-refractivity contribution >= 4 is 0 Å². The van der Waals surface area contributed by atoms with Crippen molar-refractivity contribution in [2.45, 2.75) is 19.4 Å². The number of aliphatic hydroxyl groups is 1. The second kappa shape index (κ2) is 5.37. The summed E-state index contributed by atoms with van der Waals surface area (Å²) in [5.74, 6) is -0.474. The van der Waals surface area contributed by atoms with E-state index in [1.165, 1.54) is 12.1 Å². The first-order chi connectivity index (χ1) is 7.83. The van der Waals surface area contributed by atoms with Crippen molar-refractivity contribution in [1.82, 2.24) is 0 Å². The fourth-order valence-corrected chi connectivity index (χ4v) is 1.32. The van der Waals surface area contributed by atoms with Crippen molar-refractivity contribution < 1.29 is 23.0 Å². The molecule has 6 heteroatoms. The van der Waals surface area contributed by atoms with E-state index in [9.17, 15) is 18.3 Å². The van der Waals surface area contributed by atoms with Crippen LogP contribution in [-0.4, -0.2) is 18.0 Å². The average molecular weight is 249 g/mol. The Kier molecular flexibility index (Phi) is 4.36. The Labute approximate surface area is 97.0 Å². The predicted molar refractivity (Wildman–Crippen MR) is 56.3 cm³/mol. The summed E-state index contributed by atoms with van der Waals surface area (Å²) in [6, 6.07) is 5.10. The average Bonchev–Trinajstić information content (AvgIpc) is 2.26. The quantitative estimate of drug-likeness (QED) is 0.860. The topological polar surface area (TPSA) is 55.5 Å². The zero-order valence-electron chi connectivity index (χ0n) is 9.24. The molecule has 0 bridgehead atoms. The molecule has 96 valence electrons. The Morgan fingerprint density at radius 2 is 1.82 bits per heavy atom. The molecule has 0 saturated carbocycles. The van der Waals surface area contributed by atoms with Crippen molar-refractivity contribution in [1.29, 1.82) is 0 Å². The molecule has 0 aromatic heterocycles. The first-order valence-corrected chi connectivity index (χ1v) is 5.07. The van der Waals surface area contributed by atoms with Crippen molar-refractivity contribution in [3.63, 3.8) is 0 Å². The van der Waals surface area contributed by atoms with Crippen LogP contribution < -0.4 is 10.5 Å². The highest BCUT2D eigenvalue weighted by Crippen LogP contribution is 2.26. The minimum absolute atomic E-state index is 0.163. The molecule has 0 aliphatic rings. The molecule has 0 saturated heterocycles. The fourth-order valence-electron chi connectivity index (χ4n) is 1.32. The summed E-state index contributed by atoms with van der Waals surface area (Å²) in [7, 11) is 0. The number of hydrogen-bond acceptors (Lipinski definition) is 3. The molecule has 0 aliphatic carbocycles. The Morgan fingerprint density at radius 1 is 1.29 bits per heavy atom. The molecule has 3 nitrogen and oxygen atoms in total. The first kappa shape index (κ1) is 13.8. The summed E-state index contributed by atoms with van der Waals surface area (Å²) in [4.78, 5) is 0. The van der Waals surface area contributed by atoms with Crippen LogP contribution in [0.25, 0.3) is 0 Å². The number of alkyl halides is 3. The normalized spacial score (nSPS) is 15.4. The molecule has 1 rings (SSSR count). The van der Waals surface area contributed by atoms with E-state index in [1.54, 1.807) is 6.92 Å². The number of rotatable bonds is 4. The largest absolute Gasteiger partial charge is 0.573 e. The van der Waals surface area contributed by atoms with E-state index in [1.807, 2.05) is 0 Å². The Balaban J connectivity index is 2.74. The molecule has 17 heavy (non-hydrogen) atoms. The summed E-state index contributed by atoms with van der Waals surface area (Å²) < 4.78 is 39.4. The molecule has 3 N–H and O–H groups in total. The smallest absolute Gasteiger partial charge is 0.406 e. The summed E-state index contributed by atoms with van der Waals surface area (Å²) in [6.45, 7) is 2.05. The monoisotopic (exact) mass is 249 g/mol. The molecule has 2 unspecified atom stereocenters. The lowest BCUT2D eigenvalue weighted by Crippen LogP contribution is -2.19. The lowest BCUT2D eigenvalue weighted by Gasteiger charge is -2.17. The molecule has 0 spiro atoms. The summed E-state index contributed by atoms with van der Waals surface area (Å²) in [5.41, 5.74) is 5.90. The van der Waals surface area contributed by atoms with E-state index < -0.39 is 12.5 Å². The van der Waals surface area contributed by atoms with E-state index >= 15 is 0 Å². The van der Waals surface area contributed by atoms with Gasteiger partial charge < -0.3 is 15.6 Å². The lowest BCUT2D eigenvalue weighted by molar-refractivity contribution is -0.274. The van der Waals surface area contributed by atoms with Crippen LogP contribution in [0.5, 0.6) is 5.75 Å². The van der Waals surface area contributed by atoms with E-state index in [2.05, 4.69) is 4.74 Å². The van der Waals surface area contributed by atoms with E-state index in [-0.39, 0.29) is 11.7 Å². The number of benzene rings is 1. The fraction of sp³-hybridized carbons (Fsp3) is 0.455. The summed E-state index contributed by atoms with van der Waals surface area (Å²) in [6.07, 6.45) is -5.50. The minimum Gasteiger partial charge on any atom is -0.406 e. The molecule has 2 atom stereocenters. The second-order valence-electron chi connectivity index (χ2n) is 3.77. The van der Waals surface area contributed by atoms with Gasteiger partial charge in [0.1, 0.15) is 5.75 Å². The van der Waals surface area contributed by atoms with E-state index in [0.29, 0.717) is 12.1 Å². The molecule has 0 fully saturated rings. The van der Waals surface area contributed by atoms with Gasteiger partial charge in [-0.25, -0.2) is 0 Å². The highest BCUT2D eigenvalue weighted by Gasteiger charge is 2.31. The molecule has 0 aliphatic heterocycles. The van der Waals surface area contributed by atoms with Crippen LogP contribution in [0.15, 0.2) is 24.3 Å². The van der Waals surface area contributed by atoms with Crippen molar-refractivity contribution in [3.8, 4) is 5.75 Å². The number of hydrogen-bond donors (Lipinski definition) is 2. The number of halogens is 3. The van der Waals surface area contributed by atoms with E-state index in [0.717, 1.165) is 12.1 Å². The molecule has 1 aromatic carbocycles. The molecule has 0 heterocycles. The Hall–Kier alpha value is -1.27. The highest BCUT2D eigenvalue weighted by atomic mass is 19.4. The number of nitrogens with two attached hydrogens (primary N) is 1. The molecule has 1 aromatic rings. The Morgan fingerprint density at radius 3 is 2.24 bits per heavy atom. The molecular formula is C11H14F3NO2. The van der Waals surface area contributed by atoms with Crippen LogP contribution in [0.3, 0.4) is 0 Å².